The molecule has 0 fully saturated rings. The SMILES string of the molecule is CC1(C)CC(=O)C2=C(C1)Nc1c(ccc3ccccc13)[C@H]2c1ccc([N+](=O)[O-])cc1. The predicted molar refractivity (Wildman–Crippen MR) is 118 cm³/mol. The standard InChI is InChI=1S/C25H22N2O3/c1-25(2)13-20-23(21(28)14-25)22(16-7-10-17(11-8-16)27(29)30)19-12-9-15-5-3-4-6-18(15)24(19)26-20/h3-12,22,26H,13-14H2,1-2H3/t22-/m1/s1. The van der Waals surface area contributed by atoms with Crippen molar-refractivity contribution in [3.63, 3.8) is 0 Å². The lowest BCUT2D eigenvalue weighted by molar-refractivity contribution is -0.384. The fourth-order valence-corrected chi connectivity index (χ4v) is 4.89. The summed E-state index contributed by atoms with van der Waals surface area (Å²) in [5, 5.41) is 17.0. The molecule has 0 saturated heterocycles. The van der Waals surface area contributed by atoms with E-state index in [1.54, 1.807) is 12.1 Å². The average Bonchev–Trinajstić information content (AvgIpc) is 2.71. The molecule has 0 amide bonds. The number of hydrogen-bond acceptors (Lipinski definition) is 4. The first-order chi connectivity index (χ1) is 14.3. The second-order valence-corrected chi connectivity index (χ2v) is 8.99. The van der Waals surface area contributed by atoms with Crippen molar-refractivity contribution >= 4 is 27.9 Å². The lowest BCUT2D eigenvalue weighted by Gasteiger charge is -2.40. The van der Waals surface area contributed by atoms with Gasteiger partial charge in [0.05, 0.1) is 10.6 Å². The molecule has 1 N–H and O–H groups in total. The Kier molecular flexibility index (Phi) is 4.03. The fraction of sp³-hybridized carbons (Fsp3) is 0.240. The largest absolute Gasteiger partial charge is 0.358 e. The van der Waals surface area contributed by atoms with Gasteiger partial charge in [-0.05, 0) is 28.3 Å². The second-order valence-electron chi connectivity index (χ2n) is 8.99. The van der Waals surface area contributed by atoms with Crippen molar-refractivity contribution in [1.82, 2.24) is 0 Å². The predicted octanol–water partition coefficient (Wildman–Crippen LogP) is 5.95. The number of allylic oxidation sites excluding steroid dienone is 2. The van der Waals surface area contributed by atoms with Crippen LogP contribution in [0.2, 0.25) is 0 Å². The van der Waals surface area contributed by atoms with Gasteiger partial charge in [-0.2, -0.15) is 0 Å². The Morgan fingerprint density at radius 1 is 1.00 bits per heavy atom. The maximum atomic E-state index is 13.3. The highest BCUT2D eigenvalue weighted by molar-refractivity contribution is 6.05. The van der Waals surface area contributed by atoms with Gasteiger partial charge in [0, 0.05) is 41.1 Å². The molecule has 0 saturated carbocycles. The summed E-state index contributed by atoms with van der Waals surface area (Å²) in [4.78, 5) is 24.0. The third kappa shape index (κ3) is 2.89. The first-order valence-electron chi connectivity index (χ1n) is 10.1. The highest BCUT2D eigenvalue weighted by Crippen LogP contribution is 2.50. The molecular weight excluding hydrogens is 376 g/mol. The van der Waals surface area contributed by atoms with Gasteiger partial charge in [-0.1, -0.05) is 62.4 Å². The van der Waals surface area contributed by atoms with E-state index < -0.39 is 4.92 Å². The van der Waals surface area contributed by atoms with Crippen LogP contribution in [-0.2, 0) is 4.79 Å². The Balaban J connectivity index is 1.75. The van der Waals surface area contributed by atoms with Crippen LogP contribution in [-0.4, -0.2) is 10.7 Å². The minimum Gasteiger partial charge on any atom is -0.358 e. The number of nitrogens with zero attached hydrogens (tertiary/aromatic N) is 1. The summed E-state index contributed by atoms with van der Waals surface area (Å²) < 4.78 is 0. The van der Waals surface area contributed by atoms with E-state index in [4.69, 9.17) is 0 Å². The molecule has 1 atom stereocenters. The van der Waals surface area contributed by atoms with Gasteiger partial charge >= 0.3 is 0 Å². The summed E-state index contributed by atoms with van der Waals surface area (Å²) in [5.74, 6) is -0.0822. The zero-order chi connectivity index (χ0) is 21.0. The van der Waals surface area contributed by atoms with Gasteiger partial charge in [0.2, 0.25) is 0 Å². The van der Waals surface area contributed by atoms with Gasteiger partial charge in [0.1, 0.15) is 0 Å². The lowest BCUT2D eigenvalue weighted by Crippen LogP contribution is -2.33. The molecule has 2 aliphatic rings. The van der Waals surface area contributed by atoms with Gasteiger partial charge in [-0.3, -0.25) is 14.9 Å². The summed E-state index contributed by atoms with van der Waals surface area (Å²) in [6.07, 6.45) is 1.29. The number of nitro benzene ring substituents is 1. The first kappa shape index (κ1) is 18.6. The zero-order valence-corrected chi connectivity index (χ0v) is 16.9. The number of anilines is 1. The molecular formula is C25H22N2O3. The van der Waals surface area contributed by atoms with Crippen LogP contribution < -0.4 is 5.32 Å². The number of non-ortho nitro benzene ring substituents is 1. The Labute approximate surface area is 174 Å². The van der Waals surface area contributed by atoms with Crippen LogP contribution >= 0.6 is 0 Å². The number of rotatable bonds is 2. The van der Waals surface area contributed by atoms with E-state index in [0.717, 1.165) is 45.3 Å². The van der Waals surface area contributed by atoms with Gasteiger partial charge in [-0.25, -0.2) is 0 Å². The maximum Gasteiger partial charge on any atom is 0.269 e. The van der Waals surface area contributed by atoms with Gasteiger partial charge in [0.15, 0.2) is 5.78 Å². The van der Waals surface area contributed by atoms with Crippen LogP contribution in [0.5, 0.6) is 0 Å². The van der Waals surface area contributed by atoms with Crippen molar-refractivity contribution in [3.05, 3.63) is 93.2 Å². The first-order valence-corrected chi connectivity index (χ1v) is 10.1. The molecule has 1 heterocycles. The number of carbonyl (C=O) groups excluding carboxylic acids is 1. The molecule has 0 aromatic heterocycles. The van der Waals surface area contributed by atoms with Crippen molar-refractivity contribution in [1.29, 1.82) is 0 Å². The molecule has 150 valence electrons. The smallest absolute Gasteiger partial charge is 0.269 e. The molecule has 0 radical (unpaired) electrons. The summed E-state index contributed by atoms with van der Waals surface area (Å²) in [7, 11) is 0. The summed E-state index contributed by atoms with van der Waals surface area (Å²) in [5.41, 5.74) is 4.69. The van der Waals surface area contributed by atoms with Crippen LogP contribution in [0.3, 0.4) is 0 Å². The third-order valence-electron chi connectivity index (χ3n) is 6.19. The number of nitro groups is 1. The Bertz CT molecular complexity index is 1240. The average molecular weight is 398 g/mol. The van der Waals surface area contributed by atoms with Crippen molar-refractivity contribution in [2.24, 2.45) is 5.41 Å². The molecule has 5 nitrogen and oxygen atoms in total. The number of fused-ring (bicyclic) bond motifs is 3. The molecule has 5 rings (SSSR count). The van der Waals surface area contributed by atoms with E-state index in [9.17, 15) is 14.9 Å². The monoisotopic (exact) mass is 398 g/mol. The molecule has 3 aromatic carbocycles. The summed E-state index contributed by atoms with van der Waals surface area (Å²) in [6, 6.07) is 19.0. The van der Waals surface area contributed by atoms with Gasteiger partial charge < -0.3 is 5.32 Å². The van der Waals surface area contributed by atoms with Crippen LogP contribution in [0.1, 0.15) is 43.7 Å². The van der Waals surface area contributed by atoms with E-state index in [-0.39, 0.29) is 22.8 Å². The lowest BCUT2D eigenvalue weighted by atomic mass is 9.68. The zero-order valence-electron chi connectivity index (χ0n) is 16.9. The maximum absolute atomic E-state index is 13.3. The van der Waals surface area contributed by atoms with Crippen molar-refractivity contribution in [2.75, 3.05) is 5.32 Å². The summed E-state index contributed by atoms with van der Waals surface area (Å²) >= 11 is 0. The fourth-order valence-electron chi connectivity index (χ4n) is 4.89. The van der Waals surface area contributed by atoms with Crippen LogP contribution in [0, 0.1) is 15.5 Å². The van der Waals surface area contributed by atoms with Crippen molar-refractivity contribution in [2.45, 2.75) is 32.6 Å². The molecule has 0 spiro atoms. The Morgan fingerprint density at radius 3 is 2.47 bits per heavy atom. The highest BCUT2D eigenvalue weighted by atomic mass is 16.6. The molecule has 3 aromatic rings. The highest BCUT2D eigenvalue weighted by Gasteiger charge is 2.41. The number of nitrogens with one attached hydrogen (secondary N) is 1. The number of Topliss-reactive ketones (excluding diaryl/α,β-unsaturated/α-hetero) is 1. The Morgan fingerprint density at radius 2 is 1.73 bits per heavy atom. The minimum absolute atomic E-state index is 0.0525. The molecule has 0 bridgehead atoms. The second kappa shape index (κ2) is 6.52. The topological polar surface area (TPSA) is 72.2 Å². The number of carbonyl (C=O) groups is 1. The van der Waals surface area contributed by atoms with Gasteiger partial charge in [0.25, 0.3) is 5.69 Å². The van der Waals surface area contributed by atoms with E-state index in [1.807, 2.05) is 12.1 Å². The van der Waals surface area contributed by atoms with E-state index in [2.05, 4.69) is 43.4 Å². The number of ketones is 1. The van der Waals surface area contributed by atoms with Crippen molar-refractivity contribution < 1.29 is 9.72 Å². The van der Waals surface area contributed by atoms with Gasteiger partial charge in [-0.15, -0.1) is 0 Å². The molecule has 0 unspecified atom stereocenters. The third-order valence-corrected chi connectivity index (χ3v) is 6.19. The molecule has 30 heavy (non-hydrogen) atoms. The normalized spacial score (nSPS) is 19.8. The van der Waals surface area contributed by atoms with E-state index >= 15 is 0 Å². The quantitative estimate of drug-likeness (QED) is 0.428. The minimum atomic E-state index is -0.396. The van der Waals surface area contributed by atoms with Crippen molar-refractivity contribution in [3.8, 4) is 0 Å². The van der Waals surface area contributed by atoms with Crippen LogP contribution in [0.4, 0.5) is 11.4 Å². The molecule has 5 heteroatoms. The van der Waals surface area contributed by atoms with E-state index in [1.165, 1.54) is 12.1 Å². The Hall–Kier alpha value is -3.47. The van der Waals surface area contributed by atoms with E-state index in [0.29, 0.717) is 6.42 Å². The molecule has 1 aliphatic heterocycles. The molecule has 1 aliphatic carbocycles. The van der Waals surface area contributed by atoms with Crippen LogP contribution in [0.25, 0.3) is 10.8 Å². The number of hydrogen-bond donors (Lipinski definition) is 1. The number of benzene rings is 3. The summed E-state index contributed by atoms with van der Waals surface area (Å²) in [6.45, 7) is 4.24. The van der Waals surface area contributed by atoms with Crippen LogP contribution in [0.15, 0.2) is 71.9 Å².